The first-order valence-corrected chi connectivity index (χ1v) is 8.25. The fourth-order valence-corrected chi connectivity index (χ4v) is 3.29. The van der Waals surface area contributed by atoms with E-state index in [1.807, 2.05) is 62.4 Å². The summed E-state index contributed by atoms with van der Waals surface area (Å²) < 4.78 is 10.9. The summed E-state index contributed by atoms with van der Waals surface area (Å²) in [6.07, 6.45) is -0.659. The minimum atomic E-state index is -0.820. The monoisotopic (exact) mass is 330 g/mol. The summed E-state index contributed by atoms with van der Waals surface area (Å²) in [5.74, 6) is 0.542. The summed E-state index contributed by atoms with van der Waals surface area (Å²) in [7, 11) is 0. The van der Waals surface area contributed by atoms with Crippen molar-refractivity contribution in [2.75, 3.05) is 0 Å². The van der Waals surface area contributed by atoms with Gasteiger partial charge in [-0.1, -0.05) is 72.8 Å². The highest BCUT2D eigenvalue weighted by Gasteiger charge is 2.42. The molecule has 0 saturated carbocycles. The molecule has 0 radical (unpaired) electrons. The van der Waals surface area contributed by atoms with Gasteiger partial charge in [0.05, 0.1) is 0 Å². The van der Waals surface area contributed by atoms with Crippen molar-refractivity contribution in [2.24, 2.45) is 0 Å². The van der Waals surface area contributed by atoms with Gasteiger partial charge in [0.1, 0.15) is 0 Å². The van der Waals surface area contributed by atoms with Gasteiger partial charge in [0.2, 0.25) is 0 Å². The highest BCUT2D eigenvalue weighted by molar-refractivity contribution is 5.99. The number of ether oxygens (including phenoxy) is 2. The lowest BCUT2D eigenvalue weighted by Crippen LogP contribution is -2.21. The topological polar surface area (TPSA) is 35.5 Å². The predicted molar refractivity (Wildman–Crippen MR) is 98.1 cm³/mol. The summed E-state index contributed by atoms with van der Waals surface area (Å²) in [4.78, 5) is 11.8. The molecular weight excluding hydrogens is 312 g/mol. The first-order chi connectivity index (χ1) is 12.1. The standard InChI is InChI=1S/C22H18O3/c1-22(2)20(24-21(23)25-22)19(16-10-4-3-5-11-16)18-14-8-12-15-9-6-7-13-17(15)18/h3-14H,1-2H3/b20-19+. The van der Waals surface area contributed by atoms with Gasteiger partial charge in [0.15, 0.2) is 11.4 Å². The second-order valence-electron chi connectivity index (χ2n) is 6.56. The minimum Gasteiger partial charge on any atom is -0.420 e. The van der Waals surface area contributed by atoms with Gasteiger partial charge < -0.3 is 9.47 Å². The molecule has 0 aliphatic carbocycles. The molecule has 4 rings (SSSR count). The Hall–Kier alpha value is -3.07. The average molecular weight is 330 g/mol. The lowest BCUT2D eigenvalue weighted by atomic mass is 9.88. The van der Waals surface area contributed by atoms with Crippen LogP contribution in [0.2, 0.25) is 0 Å². The van der Waals surface area contributed by atoms with Crippen LogP contribution in [0.1, 0.15) is 25.0 Å². The Morgan fingerprint density at radius 2 is 1.52 bits per heavy atom. The van der Waals surface area contributed by atoms with Gasteiger partial charge in [-0.2, -0.15) is 0 Å². The van der Waals surface area contributed by atoms with Crippen LogP contribution >= 0.6 is 0 Å². The number of fused-ring (bicyclic) bond motifs is 1. The van der Waals surface area contributed by atoms with Gasteiger partial charge in [0, 0.05) is 5.57 Å². The number of hydrogen-bond donors (Lipinski definition) is 0. The van der Waals surface area contributed by atoms with Gasteiger partial charge in [-0.05, 0) is 35.7 Å². The highest BCUT2D eigenvalue weighted by atomic mass is 16.8. The Bertz CT molecular complexity index is 979. The van der Waals surface area contributed by atoms with Gasteiger partial charge >= 0.3 is 6.16 Å². The van der Waals surface area contributed by atoms with Crippen molar-refractivity contribution >= 4 is 22.5 Å². The highest BCUT2D eigenvalue weighted by Crippen LogP contribution is 2.40. The zero-order valence-corrected chi connectivity index (χ0v) is 14.2. The molecule has 1 fully saturated rings. The first-order valence-electron chi connectivity index (χ1n) is 8.25. The van der Waals surface area contributed by atoms with Crippen molar-refractivity contribution in [3.05, 3.63) is 89.7 Å². The van der Waals surface area contributed by atoms with Crippen molar-refractivity contribution in [3.63, 3.8) is 0 Å². The molecule has 1 aliphatic rings. The molecule has 3 heteroatoms. The van der Waals surface area contributed by atoms with E-state index in [1.165, 1.54) is 0 Å². The van der Waals surface area contributed by atoms with E-state index in [0.717, 1.165) is 27.5 Å². The van der Waals surface area contributed by atoms with Crippen LogP contribution in [-0.2, 0) is 9.47 Å². The van der Waals surface area contributed by atoms with Crippen LogP contribution < -0.4 is 0 Å². The molecule has 0 spiro atoms. The van der Waals surface area contributed by atoms with Crippen LogP contribution in [0.3, 0.4) is 0 Å². The van der Waals surface area contributed by atoms with Gasteiger partial charge in [-0.25, -0.2) is 4.79 Å². The molecule has 0 unspecified atom stereocenters. The zero-order chi connectivity index (χ0) is 17.4. The molecule has 3 aromatic rings. The van der Waals surface area contributed by atoms with Crippen LogP contribution in [0, 0.1) is 0 Å². The molecule has 3 nitrogen and oxygen atoms in total. The third-order valence-corrected chi connectivity index (χ3v) is 4.42. The predicted octanol–water partition coefficient (Wildman–Crippen LogP) is 5.54. The molecule has 0 bridgehead atoms. The average Bonchev–Trinajstić information content (AvgIpc) is 2.89. The lowest BCUT2D eigenvalue weighted by molar-refractivity contribution is 0.0873. The number of rotatable bonds is 2. The molecule has 124 valence electrons. The van der Waals surface area contributed by atoms with E-state index in [0.29, 0.717) is 5.76 Å². The molecule has 3 aromatic carbocycles. The number of carbonyl (C=O) groups is 1. The lowest BCUT2D eigenvalue weighted by Gasteiger charge is -2.20. The Morgan fingerprint density at radius 3 is 2.24 bits per heavy atom. The van der Waals surface area contributed by atoms with Crippen molar-refractivity contribution in [1.29, 1.82) is 0 Å². The van der Waals surface area contributed by atoms with Crippen LogP contribution in [0.25, 0.3) is 16.3 Å². The number of hydrogen-bond acceptors (Lipinski definition) is 3. The van der Waals surface area contributed by atoms with Crippen LogP contribution in [0.4, 0.5) is 4.79 Å². The first kappa shape index (κ1) is 15.5. The second-order valence-corrected chi connectivity index (χ2v) is 6.56. The normalized spacial score (nSPS) is 17.9. The minimum absolute atomic E-state index is 0.542. The van der Waals surface area contributed by atoms with Crippen LogP contribution in [0.5, 0.6) is 0 Å². The molecule has 1 heterocycles. The maximum Gasteiger partial charge on any atom is 0.514 e. The molecule has 0 N–H and O–H groups in total. The Morgan fingerprint density at radius 1 is 0.840 bits per heavy atom. The van der Waals surface area contributed by atoms with E-state index in [2.05, 4.69) is 24.3 Å². The van der Waals surface area contributed by atoms with Crippen LogP contribution in [0.15, 0.2) is 78.6 Å². The molecule has 0 atom stereocenters. The third kappa shape index (κ3) is 2.68. The van der Waals surface area contributed by atoms with Crippen molar-refractivity contribution in [2.45, 2.75) is 19.4 Å². The summed E-state index contributed by atoms with van der Waals surface area (Å²) in [5, 5.41) is 2.24. The zero-order valence-electron chi connectivity index (χ0n) is 14.2. The fraction of sp³-hybridized carbons (Fsp3) is 0.136. The van der Waals surface area contributed by atoms with Crippen molar-refractivity contribution in [1.82, 2.24) is 0 Å². The molecule has 0 amide bonds. The number of benzene rings is 3. The van der Waals surface area contributed by atoms with E-state index < -0.39 is 11.8 Å². The van der Waals surface area contributed by atoms with E-state index in [1.54, 1.807) is 0 Å². The van der Waals surface area contributed by atoms with E-state index >= 15 is 0 Å². The molecule has 0 aromatic heterocycles. The maximum atomic E-state index is 11.8. The maximum absolute atomic E-state index is 11.8. The second kappa shape index (κ2) is 5.78. The summed E-state index contributed by atoms with van der Waals surface area (Å²) in [5.41, 5.74) is 2.07. The Labute approximate surface area is 146 Å². The largest absolute Gasteiger partial charge is 0.514 e. The molecular formula is C22H18O3. The van der Waals surface area contributed by atoms with E-state index in [4.69, 9.17) is 9.47 Å². The van der Waals surface area contributed by atoms with Crippen molar-refractivity contribution < 1.29 is 14.3 Å². The van der Waals surface area contributed by atoms with Crippen LogP contribution in [-0.4, -0.2) is 11.8 Å². The van der Waals surface area contributed by atoms with E-state index in [-0.39, 0.29) is 0 Å². The molecule has 25 heavy (non-hydrogen) atoms. The smallest absolute Gasteiger partial charge is 0.420 e. The summed E-state index contributed by atoms with van der Waals surface area (Å²) in [6.45, 7) is 3.70. The molecule has 1 saturated heterocycles. The Kier molecular flexibility index (Phi) is 3.57. The van der Waals surface area contributed by atoms with Gasteiger partial charge in [-0.15, -0.1) is 0 Å². The number of carbonyl (C=O) groups excluding carboxylic acids is 1. The fourth-order valence-electron chi connectivity index (χ4n) is 3.29. The summed E-state index contributed by atoms with van der Waals surface area (Å²) in [6, 6.07) is 24.3. The number of cyclic esters (lactones) is 2. The van der Waals surface area contributed by atoms with E-state index in [9.17, 15) is 4.79 Å². The molecule has 1 aliphatic heterocycles. The van der Waals surface area contributed by atoms with Crippen molar-refractivity contribution in [3.8, 4) is 0 Å². The van der Waals surface area contributed by atoms with Gasteiger partial charge in [0.25, 0.3) is 0 Å². The summed E-state index contributed by atoms with van der Waals surface area (Å²) >= 11 is 0. The Balaban J connectivity index is 2.08. The van der Waals surface area contributed by atoms with Gasteiger partial charge in [-0.3, -0.25) is 0 Å². The third-order valence-electron chi connectivity index (χ3n) is 4.42. The quantitative estimate of drug-likeness (QED) is 0.578. The SMILES string of the molecule is CC1(C)OC(=O)O/C1=C(\c1ccccc1)c1cccc2ccccc12.